The summed E-state index contributed by atoms with van der Waals surface area (Å²) in [5.74, 6) is 0.607. The third-order valence-corrected chi connectivity index (χ3v) is 5.20. The van der Waals surface area contributed by atoms with Crippen LogP contribution in [0, 0.1) is 0 Å². The van der Waals surface area contributed by atoms with Gasteiger partial charge in [-0.2, -0.15) is 0 Å². The van der Waals surface area contributed by atoms with Gasteiger partial charge in [0.05, 0.1) is 6.54 Å². The molecule has 1 aromatic carbocycles. The Morgan fingerprint density at radius 3 is 2.68 bits per heavy atom. The molecule has 0 atom stereocenters. The number of nitrogens with one attached hydrogen (secondary N) is 1. The quantitative estimate of drug-likeness (QED) is 0.890. The molecule has 2 aromatic rings. The van der Waals surface area contributed by atoms with E-state index in [2.05, 4.69) is 50.7 Å². The van der Waals surface area contributed by atoms with E-state index in [0.717, 1.165) is 37.7 Å². The summed E-state index contributed by atoms with van der Waals surface area (Å²) in [5, 5.41) is 8.82. The summed E-state index contributed by atoms with van der Waals surface area (Å²) in [6, 6.07) is 12.7. The predicted molar refractivity (Wildman–Crippen MR) is 91.0 cm³/mol. The van der Waals surface area contributed by atoms with E-state index in [1.807, 2.05) is 6.07 Å². The molecule has 0 radical (unpaired) electrons. The lowest BCUT2D eigenvalue weighted by atomic mass is 10.1. The summed E-state index contributed by atoms with van der Waals surface area (Å²) in [4.78, 5) is 5.88. The van der Waals surface area contributed by atoms with Crippen molar-refractivity contribution in [3.63, 3.8) is 0 Å². The standard InChI is InChI=1S/C16H19N5S/c17-16-19-15-13(11-21(16)20-8-6-18-7-9-20)10-14(22-15)12-4-2-1-3-5-12/h1-5,10,18H,6-9,11H2,(H2,17,19). The number of piperazine rings is 1. The Morgan fingerprint density at radius 2 is 1.91 bits per heavy atom. The Balaban J connectivity index is 1.62. The molecular weight excluding hydrogens is 294 g/mol. The van der Waals surface area contributed by atoms with Gasteiger partial charge in [0.2, 0.25) is 5.96 Å². The maximum absolute atomic E-state index is 6.19. The zero-order valence-corrected chi connectivity index (χ0v) is 13.1. The van der Waals surface area contributed by atoms with Gasteiger partial charge in [0.15, 0.2) is 0 Å². The SMILES string of the molecule is NC1=Nc2sc(-c3ccccc3)cc2CN1N1CCNCC1. The van der Waals surface area contributed by atoms with E-state index in [-0.39, 0.29) is 0 Å². The molecule has 0 unspecified atom stereocenters. The average molecular weight is 313 g/mol. The van der Waals surface area contributed by atoms with Crippen molar-refractivity contribution in [1.82, 2.24) is 15.3 Å². The normalized spacial score (nSPS) is 18.9. The molecule has 3 heterocycles. The molecule has 0 aliphatic carbocycles. The van der Waals surface area contributed by atoms with Crippen LogP contribution in [0.25, 0.3) is 10.4 Å². The first-order chi connectivity index (χ1) is 10.8. The van der Waals surface area contributed by atoms with E-state index in [4.69, 9.17) is 5.73 Å². The van der Waals surface area contributed by atoms with Crippen LogP contribution in [0.15, 0.2) is 41.4 Å². The van der Waals surface area contributed by atoms with Crippen molar-refractivity contribution >= 4 is 22.3 Å². The second kappa shape index (κ2) is 5.72. The van der Waals surface area contributed by atoms with Gasteiger partial charge in [-0.3, -0.25) is 5.01 Å². The molecule has 2 aliphatic heterocycles. The zero-order valence-electron chi connectivity index (χ0n) is 12.3. The third-order valence-electron chi connectivity index (χ3n) is 4.08. The average Bonchev–Trinajstić information content (AvgIpc) is 2.98. The second-order valence-electron chi connectivity index (χ2n) is 5.54. The minimum absolute atomic E-state index is 0.607. The van der Waals surface area contributed by atoms with E-state index in [0.29, 0.717) is 5.96 Å². The second-order valence-corrected chi connectivity index (χ2v) is 6.57. The molecule has 0 spiro atoms. The smallest absolute Gasteiger partial charge is 0.212 e. The number of guanidine groups is 1. The number of thiophene rings is 1. The molecule has 6 heteroatoms. The maximum atomic E-state index is 6.19. The van der Waals surface area contributed by atoms with Crippen LogP contribution in [0.4, 0.5) is 5.00 Å². The van der Waals surface area contributed by atoms with Crippen molar-refractivity contribution < 1.29 is 0 Å². The molecule has 0 bridgehead atoms. The Kier molecular flexibility index (Phi) is 3.57. The molecule has 114 valence electrons. The van der Waals surface area contributed by atoms with E-state index < -0.39 is 0 Å². The molecule has 22 heavy (non-hydrogen) atoms. The summed E-state index contributed by atoms with van der Waals surface area (Å²) in [7, 11) is 0. The van der Waals surface area contributed by atoms with Gasteiger partial charge in [-0.1, -0.05) is 30.3 Å². The van der Waals surface area contributed by atoms with Crippen LogP contribution < -0.4 is 11.1 Å². The lowest BCUT2D eigenvalue weighted by Crippen LogP contribution is -2.56. The molecule has 1 aromatic heterocycles. The van der Waals surface area contributed by atoms with Crippen molar-refractivity contribution in [2.45, 2.75) is 6.54 Å². The number of rotatable bonds is 2. The van der Waals surface area contributed by atoms with Crippen LogP contribution in [-0.4, -0.2) is 42.2 Å². The van der Waals surface area contributed by atoms with Crippen molar-refractivity contribution in [2.24, 2.45) is 10.7 Å². The Bertz CT molecular complexity index is 688. The van der Waals surface area contributed by atoms with Crippen LogP contribution in [0.1, 0.15) is 5.56 Å². The number of aliphatic imine (C=N–C) groups is 1. The van der Waals surface area contributed by atoms with E-state index in [1.165, 1.54) is 16.0 Å². The molecule has 1 saturated heterocycles. The number of nitrogens with zero attached hydrogens (tertiary/aromatic N) is 3. The van der Waals surface area contributed by atoms with Gasteiger partial charge in [-0.25, -0.2) is 10.0 Å². The van der Waals surface area contributed by atoms with Crippen LogP contribution in [0.5, 0.6) is 0 Å². The van der Waals surface area contributed by atoms with Gasteiger partial charge in [0.25, 0.3) is 0 Å². The summed E-state index contributed by atoms with van der Waals surface area (Å²) < 4.78 is 0. The number of benzene rings is 1. The van der Waals surface area contributed by atoms with E-state index in [1.54, 1.807) is 11.3 Å². The van der Waals surface area contributed by atoms with Gasteiger partial charge in [0, 0.05) is 36.6 Å². The van der Waals surface area contributed by atoms with Gasteiger partial charge in [-0.15, -0.1) is 11.3 Å². The highest BCUT2D eigenvalue weighted by molar-refractivity contribution is 7.19. The van der Waals surface area contributed by atoms with Gasteiger partial charge < -0.3 is 11.1 Å². The zero-order chi connectivity index (χ0) is 14.9. The molecule has 0 saturated carbocycles. The summed E-state index contributed by atoms with van der Waals surface area (Å²) in [6.45, 7) is 4.75. The summed E-state index contributed by atoms with van der Waals surface area (Å²) in [6.07, 6.45) is 0. The molecule has 1 fully saturated rings. The summed E-state index contributed by atoms with van der Waals surface area (Å²) >= 11 is 1.72. The number of hydrogen-bond acceptors (Lipinski definition) is 6. The molecule has 4 rings (SSSR count). The Morgan fingerprint density at radius 1 is 1.14 bits per heavy atom. The topological polar surface area (TPSA) is 56.9 Å². The number of fused-ring (bicyclic) bond motifs is 1. The molecule has 5 nitrogen and oxygen atoms in total. The largest absolute Gasteiger partial charge is 0.368 e. The van der Waals surface area contributed by atoms with Crippen molar-refractivity contribution in [3.05, 3.63) is 42.0 Å². The van der Waals surface area contributed by atoms with Crippen LogP contribution in [0.2, 0.25) is 0 Å². The van der Waals surface area contributed by atoms with E-state index in [9.17, 15) is 0 Å². The molecule has 0 amide bonds. The van der Waals surface area contributed by atoms with Crippen LogP contribution in [-0.2, 0) is 6.54 Å². The fourth-order valence-corrected chi connectivity index (χ4v) is 3.97. The predicted octanol–water partition coefficient (Wildman–Crippen LogP) is 2.00. The molecule has 3 N–H and O–H groups in total. The first-order valence-corrected chi connectivity index (χ1v) is 8.38. The lowest BCUT2D eigenvalue weighted by Gasteiger charge is -2.39. The lowest BCUT2D eigenvalue weighted by molar-refractivity contribution is 0.0229. The minimum Gasteiger partial charge on any atom is -0.368 e. The number of nitrogens with two attached hydrogens (primary N) is 1. The monoisotopic (exact) mass is 313 g/mol. The highest BCUT2D eigenvalue weighted by Crippen LogP contribution is 2.39. The number of hydrogen-bond donors (Lipinski definition) is 2. The van der Waals surface area contributed by atoms with Crippen molar-refractivity contribution in [1.29, 1.82) is 0 Å². The van der Waals surface area contributed by atoms with E-state index >= 15 is 0 Å². The highest BCUT2D eigenvalue weighted by Gasteiger charge is 2.26. The van der Waals surface area contributed by atoms with Crippen LogP contribution >= 0.6 is 11.3 Å². The molecule has 2 aliphatic rings. The van der Waals surface area contributed by atoms with Crippen molar-refractivity contribution in [3.8, 4) is 10.4 Å². The maximum Gasteiger partial charge on any atom is 0.212 e. The van der Waals surface area contributed by atoms with Crippen LogP contribution in [0.3, 0.4) is 0 Å². The first kappa shape index (κ1) is 13.8. The molecular formula is C16H19N5S. The Labute approximate surface area is 134 Å². The minimum atomic E-state index is 0.607. The first-order valence-electron chi connectivity index (χ1n) is 7.57. The van der Waals surface area contributed by atoms with Gasteiger partial charge in [-0.05, 0) is 11.6 Å². The third kappa shape index (κ3) is 2.49. The van der Waals surface area contributed by atoms with Crippen molar-refractivity contribution in [2.75, 3.05) is 26.2 Å². The number of hydrazine groups is 1. The highest BCUT2D eigenvalue weighted by atomic mass is 32.1. The summed E-state index contributed by atoms with van der Waals surface area (Å²) in [5.41, 5.74) is 8.69. The Hall–Kier alpha value is -1.89. The van der Waals surface area contributed by atoms with Gasteiger partial charge in [0.1, 0.15) is 5.00 Å². The van der Waals surface area contributed by atoms with Gasteiger partial charge >= 0.3 is 0 Å². The fraction of sp³-hybridized carbons (Fsp3) is 0.312. The fourth-order valence-electron chi connectivity index (χ4n) is 2.92.